The fraction of sp³-hybridized carbons (Fsp3) is 0.750. The molecule has 1 aliphatic rings. The maximum Gasteiger partial charge on any atom is 0.113 e. The van der Waals surface area contributed by atoms with Crippen molar-refractivity contribution in [3.63, 3.8) is 0 Å². The van der Waals surface area contributed by atoms with Gasteiger partial charge in [0.05, 0.1) is 12.8 Å². The van der Waals surface area contributed by atoms with Crippen LogP contribution >= 0.6 is 0 Å². The molecular formula is C4H8N2O. The molecule has 0 aromatic rings. The summed E-state index contributed by atoms with van der Waals surface area (Å²) < 4.78 is 4.90. The lowest BCUT2D eigenvalue weighted by molar-refractivity contribution is 0.166. The Morgan fingerprint density at radius 1 is 2.00 bits per heavy atom. The van der Waals surface area contributed by atoms with E-state index in [0.717, 1.165) is 6.54 Å². The Morgan fingerprint density at radius 3 is 3.14 bits per heavy atom. The summed E-state index contributed by atoms with van der Waals surface area (Å²) in [7, 11) is 1.67. The number of rotatable bonds is 1. The molecule has 0 saturated carbocycles. The first-order valence-electron chi connectivity index (χ1n) is 2.22. The van der Waals surface area contributed by atoms with Crippen LogP contribution in [0.3, 0.4) is 0 Å². The highest BCUT2D eigenvalue weighted by molar-refractivity contribution is 5.64. The van der Waals surface area contributed by atoms with E-state index in [0.29, 0.717) is 0 Å². The molecule has 3 nitrogen and oxygen atoms in total. The summed E-state index contributed by atoms with van der Waals surface area (Å²) in [4.78, 5) is 0. The van der Waals surface area contributed by atoms with E-state index in [1.807, 2.05) is 0 Å². The molecule has 0 bridgehead atoms. The SMILES string of the molecule is COC1C=NNC1. The van der Waals surface area contributed by atoms with Gasteiger partial charge in [0.2, 0.25) is 0 Å². The molecule has 7 heavy (non-hydrogen) atoms. The number of nitrogens with zero attached hydrogens (tertiary/aromatic N) is 1. The molecule has 0 aliphatic carbocycles. The van der Waals surface area contributed by atoms with Crippen LogP contribution in [0.25, 0.3) is 0 Å². The molecule has 0 spiro atoms. The molecule has 0 aromatic heterocycles. The highest BCUT2D eigenvalue weighted by Gasteiger charge is 2.05. The van der Waals surface area contributed by atoms with Crippen LogP contribution in [0.1, 0.15) is 0 Å². The summed E-state index contributed by atoms with van der Waals surface area (Å²) in [5.74, 6) is 0. The van der Waals surface area contributed by atoms with Gasteiger partial charge in [-0.15, -0.1) is 0 Å². The Labute approximate surface area is 42.4 Å². The van der Waals surface area contributed by atoms with Crippen LogP contribution < -0.4 is 5.43 Å². The third-order valence-corrected chi connectivity index (χ3v) is 0.927. The molecule has 0 amide bonds. The Kier molecular flexibility index (Phi) is 1.26. The zero-order valence-electron chi connectivity index (χ0n) is 4.22. The lowest BCUT2D eigenvalue weighted by Crippen LogP contribution is -2.17. The fourth-order valence-electron chi connectivity index (χ4n) is 0.475. The van der Waals surface area contributed by atoms with Gasteiger partial charge >= 0.3 is 0 Å². The van der Waals surface area contributed by atoms with Crippen molar-refractivity contribution in [2.24, 2.45) is 5.10 Å². The van der Waals surface area contributed by atoms with Crippen LogP contribution in [-0.4, -0.2) is 26.0 Å². The molecule has 40 valence electrons. The average Bonchev–Trinajstić information content (AvgIpc) is 2.14. The molecule has 0 radical (unpaired) electrons. The van der Waals surface area contributed by atoms with Gasteiger partial charge in [0.15, 0.2) is 0 Å². The van der Waals surface area contributed by atoms with Gasteiger partial charge in [-0.05, 0) is 0 Å². The largest absolute Gasteiger partial charge is 0.374 e. The zero-order chi connectivity index (χ0) is 5.11. The van der Waals surface area contributed by atoms with E-state index in [2.05, 4.69) is 10.5 Å². The van der Waals surface area contributed by atoms with Crippen LogP contribution in [-0.2, 0) is 4.74 Å². The molecule has 3 heteroatoms. The van der Waals surface area contributed by atoms with Crippen molar-refractivity contribution in [1.82, 2.24) is 5.43 Å². The minimum Gasteiger partial charge on any atom is -0.374 e. The Hall–Kier alpha value is -0.570. The standard InChI is InChI=1S/C4H8N2O/c1-7-4-2-5-6-3-4/h2,4,6H,3H2,1H3. The lowest BCUT2D eigenvalue weighted by atomic mass is 10.4. The topological polar surface area (TPSA) is 33.6 Å². The maximum atomic E-state index is 4.90. The Balaban J connectivity index is 2.28. The average molecular weight is 100 g/mol. The smallest absolute Gasteiger partial charge is 0.113 e. The van der Waals surface area contributed by atoms with Gasteiger partial charge in [0, 0.05) is 7.11 Å². The van der Waals surface area contributed by atoms with Gasteiger partial charge in [-0.1, -0.05) is 0 Å². The summed E-state index contributed by atoms with van der Waals surface area (Å²) in [6.07, 6.45) is 1.94. The van der Waals surface area contributed by atoms with Gasteiger partial charge in [0.1, 0.15) is 6.10 Å². The quantitative estimate of drug-likeness (QED) is 0.486. The van der Waals surface area contributed by atoms with Gasteiger partial charge in [0.25, 0.3) is 0 Å². The number of methoxy groups -OCH3 is 1. The molecular weight excluding hydrogens is 92.1 g/mol. The number of hydrazone groups is 1. The number of hydrogen-bond donors (Lipinski definition) is 1. The fourth-order valence-corrected chi connectivity index (χ4v) is 0.475. The first-order valence-corrected chi connectivity index (χ1v) is 2.22. The molecule has 1 N–H and O–H groups in total. The van der Waals surface area contributed by atoms with E-state index in [1.54, 1.807) is 13.3 Å². The van der Waals surface area contributed by atoms with Crippen LogP contribution in [0.5, 0.6) is 0 Å². The van der Waals surface area contributed by atoms with Gasteiger partial charge in [-0.3, -0.25) is 0 Å². The molecule has 1 aliphatic heterocycles. The second kappa shape index (κ2) is 1.93. The summed E-state index contributed by atoms with van der Waals surface area (Å²) in [6.45, 7) is 0.816. The maximum absolute atomic E-state index is 4.90. The van der Waals surface area contributed by atoms with Crippen molar-refractivity contribution in [2.75, 3.05) is 13.7 Å². The van der Waals surface area contributed by atoms with Crippen molar-refractivity contribution in [2.45, 2.75) is 6.10 Å². The summed E-state index contributed by atoms with van der Waals surface area (Å²) in [5.41, 5.74) is 2.77. The normalized spacial score (nSPS) is 27.9. The highest BCUT2D eigenvalue weighted by Crippen LogP contribution is 1.87. The highest BCUT2D eigenvalue weighted by atomic mass is 16.5. The molecule has 1 unspecified atom stereocenters. The third kappa shape index (κ3) is 0.899. The van der Waals surface area contributed by atoms with Crippen molar-refractivity contribution < 1.29 is 4.74 Å². The second-order valence-corrected chi connectivity index (χ2v) is 1.41. The molecule has 0 fully saturated rings. The first kappa shape index (κ1) is 4.59. The Morgan fingerprint density at radius 2 is 2.86 bits per heavy atom. The van der Waals surface area contributed by atoms with Crippen molar-refractivity contribution in [3.8, 4) is 0 Å². The van der Waals surface area contributed by atoms with Crippen molar-refractivity contribution in [1.29, 1.82) is 0 Å². The predicted molar refractivity (Wildman–Crippen MR) is 27.3 cm³/mol. The van der Waals surface area contributed by atoms with E-state index in [9.17, 15) is 0 Å². The van der Waals surface area contributed by atoms with Crippen LogP contribution in [0.4, 0.5) is 0 Å². The predicted octanol–water partition coefficient (Wildman–Crippen LogP) is -0.410. The van der Waals surface area contributed by atoms with E-state index in [1.165, 1.54) is 0 Å². The number of hydrogen-bond acceptors (Lipinski definition) is 3. The summed E-state index contributed by atoms with van der Waals surface area (Å²) >= 11 is 0. The van der Waals surface area contributed by atoms with Crippen LogP contribution in [0.15, 0.2) is 5.10 Å². The lowest BCUT2D eigenvalue weighted by Gasteiger charge is -1.98. The van der Waals surface area contributed by atoms with E-state index in [4.69, 9.17) is 4.74 Å². The van der Waals surface area contributed by atoms with Crippen LogP contribution in [0.2, 0.25) is 0 Å². The number of ether oxygens (including phenoxy) is 1. The Bertz CT molecular complexity index is 81.8. The molecule has 0 aromatic carbocycles. The molecule has 1 atom stereocenters. The second-order valence-electron chi connectivity index (χ2n) is 1.41. The van der Waals surface area contributed by atoms with Crippen molar-refractivity contribution >= 4 is 6.21 Å². The van der Waals surface area contributed by atoms with E-state index < -0.39 is 0 Å². The minimum atomic E-state index is 0.194. The van der Waals surface area contributed by atoms with E-state index in [-0.39, 0.29) is 6.10 Å². The minimum absolute atomic E-state index is 0.194. The molecule has 1 rings (SSSR count). The molecule has 0 saturated heterocycles. The van der Waals surface area contributed by atoms with Gasteiger partial charge < -0.3 is 10.2 Å². The zero-order valence-corrected chi connectivity index (χ0v) is 4.22. The van der Waals surface area contributed by atoms with Crippen LogP contribution in [0, 0.1) is 0 Å². The molecule has 1 heterocycles. The first-order chi connectivity index (χ1) is 3.43. The summed E-state index contributed by atoms with van der Waals surface area (Å²) in [5, 5.41) is 3.74. The summed E-state index contributed by atoms with van der Waals surface area (Å²) in [6, 6.07) is 0. The number of nitrogens with one attached hydrogen (secondary N) is 1. The van der Waals surface area contributed by atoms with Crippen molar-refractivity contribution in [3.05, 3.63) is 0 Å². The van der Waals surface area contributed by atoms with E-state index >= 15 is 0 Å². The monoisotopic (exact) mass is 100 g/mol. The third-order valence-electron chi connectivity index (χ3n) is 0.927. The van der Waals surface area contributed by atoms with Gasteiger partial charge in [-0.2, -0.15) is 5.10 Å². The van der Waals surface area contributed by atoms with Gasteiger partial charge in [-0.25, -0.2) is 0 Å².